The van der Waals surface area contributed by atoms with Crippen LogP contribution in [0.25, 0.3) is 0 Å². The number of hydrogen-bond acceptors (Lipinski definition) is 4. The summed E-state index contributed by atoms with van der Waals surface area (Å²) in [5, 5.41) is 4.01. The van der Waals surface area contributed by atoms with Gasteiger partial charge in [-0.1, -0.05) is 29.8 Å². The van der Waals surface area contributed by atoms with Crippen molar-refractivity contribution in [1.82, 2.24) is 10.2 Å². The molecule has 28 heavy (non-hydrogen) atoms. The summed E-state index contributed by atoms with van der Waals surface area (Å²) in [7, 11) is 3.29. The van der Waals surface area contributed by atoms with Gasteiger partial charge in [0.05, 0.1) is 26.8 Å². The normalized spacial score (nSPS) is 17.4. The zero-order valence-electron chi connectivity index (χ0n) is 16.6. The summed E-state index contributed by atoms with van der Waals surface area (Å²) in [4.78, 5) is 14.9. The van der Waals surface area contributed by atoms with Crippen LogP contribution in [-0.2, 0) is 4.79 Å². The Morgan fingerprint density at radius 1 is 1.25 bits per heavy atom. The molecule has 1 aliphatic heterocycles. The molecule has 0 spiro atoms. The first-order valence-corrected chi connectivity index (χ1v) is 9.92. The van der Waals surface area contributed by atoms with E-state index in [9.17, 15) is 4.79 Å². The van der Waals surface area contributed by atoms with Gasteiger partial charge < -0.3 is 19.7 Å². The van der Waals surface area contributed by atoms with Crippen LogP contribution in [0.15, 0.2) is 42.5 Å². The van der Waals surface area contributed by atoms with Gasteiger partial charge in [-0.05, 0) is 49.6 Å². The third-order valence-electron chi connectivity index (χ3n) is 5.30. The SMILES string of the molecule is COc1ccc(OC)c([C@H]2CCCN2C(=O)CN[C@@H](C)c2ccccc2Cl)c1. The van der Waals surface area contributed by atoms with Crippen LogP contribution < -0.4 is 14.8 Å². The second kappa shape index (κ2) is 9.30. The molecule has 150 valence electrons. The molecule has 2 atom stereocenters. The molecule has 3 rings (SSSR count). The molecule has 0 aliphatic carbocycles. The number of methoxy groups -OCH3 is 2. The highest BCUT2D eigenvalue weighted by molar-refractivity contribution is 6.31. The molecule has 0 radical (unpaired) electrons. The number of rotatable bonds is 7. The van der Waals surface area contributed by atoms with Gasteiger partial charge in [-0.15, -0.1) is 0 Å². The molecule has 0 bridgehead atoms. The summed E-state index contributed by atoms with van der Waals surface area (Å²) < 4.78 is 10.9. The lowest BCUT2D eigenvalue weighted by Crippen LogP contribution is -2.38. The standard InChI is InChI=1S/C22H27ClN2O3/c1-15(17-7-4-5-8-19(17)23)24-14-22(26)25-12-6-9-20(25)18-13-16(27-2)10-11-21(18)28-3/h4-5,7-8,10-11,13,15,20,24H,6,9,12,14H2,1-3H3/t15-,20+/m0/s1. The Morgan fingerprint density at radius 2 is 2.04 bits per heavy atom. The van der Waals surface area contributed by atoms with Crippen LogP contribution in [0, 0.1) is 0 Å². The van der Waals surface area contributed by atoms with Gasteiger partial charge in [0.2, 0.25) is 5.91 Å². The molecule has 2 aromatic carbocycles. The Bertz CT molecular complexity index is 827. The summed E-state index contributed by atoms with van der Waals surface area (Å²) in [6.07, 6.45) is 1.88. The van der Waals surface area contributed by atoms with Crippen molar-refractivity contribution in [3.8, 4) is 11.5 Å². The van der Waals surface area contributed by atoms with Crippen LogP contribution in [0.2, 0.25) is 5.02 Å². The van der Waals surface area contributed by atoms with Crippen LogP contribution >= 0.6 is 11.6 Å². The molecule has 1 heterocycles. The number of benzene rings is 2. The zero-order chi connectivity index (χ0) is 20.1. The molecule has 1 aliphatic rings. The summed E-state index contributed by atoms with van der Waals surface area (Å²) in [5.41, 5.74) is 1.98. The van der Waals surface area contributed by atoms with Gasteiger partial charge in [-0.25, -0.2) is 0 Å². The van der Waals surface area contributed by atoms with E-state index in [1.54, 1.807) is 14.2 Å². The lowest BCUT2D eigenvalue weighted by atomic mass is 10.0. The number of amides is 1. The van der Waals surface area contributed by atoms with E-state index < -0.39 is 0 Å². The average molecular weight is 403 g/mol. The third-order valence-corrected chi connectivity index (χ3v) is 5.64. The number of carbonyl (C=O) groups is 1. The second-order valence-electron chi connectivity index (χ2n) is 6.98. The summed E-state index contributed by atoms with van der Waals surface area (Å²) in [5.74, 6) is 1.62. The Balaban J connectivity index is 1.71. The minimum absolute atomic E-state index is 0.00466. The number of halogens is 1. The van der Waals surface area contributed by atoms with E-state index in [-0.39, 0.29) is 24.5 Å². The number of nitrogens with one attached hydrogen (secondary N) is 1. The zero-order valence-corrected chi connectivity index (χ0v) is 17.3. The average Bonchev–Trinajstić information content (AvgIpc) is 3.21. The minimum atomic E-state index is -0.00921. The number of ether oxygens (including phenoxy) is 2. The monoisotopic (exact) mass is 402 g/mol. The fourth-order valence-corrected chi connectivity index (χ4v) is 4.07. The summed E-state index contributed by atoms with van der Waals surface area (Å²) in [6.45, 7) is 3.02. The minimum Gasteiger partial charge on any atom is -0.497 e. The number of hydrogen-bond donors (Lipinski definition) is 1. The smallest absolute Gasteiger partial charge is 0.237 e. The molecule has 0 unspecified atom stereocenters. The van der Waals surface area contributed by atoms with Crippen molar-refractivity contribution in [2.24, 2.45) is 0 Å². The van der Waals surface area contributed by atoms with Crippen LogP contribution in [0.5, 0.6) is 11.5 Å². The van der Waals surface area contributed by atoms with Gasteiger partial charge in [0.1, 0.15) is 11.5 Å². The lowest BCUT2D eigenvalue weighted by molar-refractivity contribution is -0.131. The Morgan fingerprint density at radius 3 is 2.75 bits per heavy atom. The number of carbonyl (C=O) groups excluding carboxylic acids is 1. The molecule has 1 N–H and O–H groups in total. The van der Waals surface area contributed by atoms with E-state index in [4.69, 9.17) is 21.1 Å². The van der Waals surface area contributed by atoms with Crippen molar-refractivity contribution in [1.29, 1.82) is 0 Å². The van der Waals surface area contributed by atoms with Gasteiger partial charge in [0.15, 0.2) is 0 Å². The van der Waals surface area contributed by atoms with Crippen molar-refractivity contribution in [3.05, 3.63) is 58.6 Å². The van der Waals surface area contributed by atoms with Crippen molar-refractivity contribution in [2.45, 2.75) is 31.8 Å². The molecule has 1 fully saturated rings. The highest BCUT2D eigenvalue weighted by atomic mass is 35.5. The molecular weight excluding hydrogens is 376 g/mol. The quantitative estimate of drug-likeness (QED) is 0.747. The Kier molecular flexibility index (Phi) is 6.81. The Labute approximate surface area is 171 Å². The van der Waals surface area contributed by atoms with E-state index in [1.807, 2.05) is 54.3 Å². The fourth-order valence-electron chi connectivity index (χ4n) is 3.77. The molecule has 1 saturated heterocycles. The second-order valence-corrected chi connectivity index (χ2v) is 7.38. The fraction of sp³-hybridized carbons (Fsp3) is 0.409. The topological polar surface area (TPSA) is 50.8 Å². The molecule has 5 nitrogen and oxygen atoms in total. The van der Waals surface area contributed by atoms with Crippen molar-refractivity contribution in [3.63, 3.8) is 0 Å². The third kappa shape index (κ3) is 4.42. The van der Waals surface area contributed by atoms with Crippen molar-refractivity contribution < 1.29 is 14.3 Å². The lowest BCUT2D eigenvalue weighted by Gasteiger charge is -2.27. The first-order chi connectivity index (χ1) is 13.5. The van der Waals surface area contributed by atoms with Crippen LogP contribution in [-0.4, -0.2) is 38.1 Å². The maximum Gasteiger partial charge on any atom is 0.237 e. The molecule has 0 aromatic heterocycles. The van der Waals surface area contributed by atoms with Crippen molar-refractivity contribution in [2.75, 3.05) is 27.3 Å². The highest BCUT2D eigenvalue weighted by Gasteiger charge is 2.32. The maximum absolute atomic E-state index is 13.0. The molecule has 6 heteroatoms. The first kappa shape index (κ1) is 20.5. The van der Waals surface area contributed by atoms with Crippen LogP contribution in [0.3, 0.4) is 0 Å². The van der Waals surface area contributed by atoms with Crippen LogP contribution in [0.4, 0.5) is 0 Å². The number of likely N-dealkylation sites (tertiary alicyclic amines) is 1. The van der Waals surface area contributed by atoms with E-state index in [2.05, 4.69) is 5.32 Å². The molecule has 1 amide bonds. The van der Waals surface area contributed by atoms with Gasteiger partial charge >= 0.3 is 0 Å². The predicted molar refractivity (Wildman–Crippen MR) is 111 cm³/mol. The number of nitrogens with zero attached hydrogens (tertiary/aromatic N) is 1. The highest BCUT2D eigenvalue weighted by Crippen LogP contribution is 2.38. The maximum atomic E-state index is 13.0. The molecular formula is C22H27ClN2O3. The van der Waals surface area contributed by atoms with Gasteiger partial charge in [-0.2, -0.15) is 0 Å². The first-order valence-electron chi connectivity index (χ1n) is 9.54. The van der Waals surface area contributed by atoms with Gasteiger partial charge in [0, 0.05) is 23.2 Å². The van der Waals surface area contributed by atoms with E-state index in [0.717, 1.165) is 42.0 Å². The van der Waals surface area contributed by atoms with E-state index in [0.29, 0.717) is 5.02 Å². The van der Waals surface area contributed by atoms with Gasteiger partial charge in [-0.3, -0.25) is 4.79 Å². The summed E-state index contributed by atoms with van der Waals surface area (Å²) in [6, 6.07) is 13.4. The van der Waals surface area contributed by atoms with E-state index in [1.165, 1.54) is 0 Å². The van der Waals surface area contributed by atoms with Crippen molar-refractivity contribution >= 4 is 17.5 Å². The largest absolute Gasteiger partial charge is 0.497 e. The molecule has 0 saturated carbocycles. The van der Waals surface area contributed by atoms with Crippen LogP contribution in [0.1, 0.15) is 43.0 Å². The molecule has 2 aromatic rings. The predicted octanol–water partition coefficient (Wildman–Crippen LogP) is 4.37. The van der Waals surface area contributed by atoms with Gasteiger partial charge in [0.25, 0.3) is 0 Å². The van der Waals surface area contributed by atoms with E-state index >= 15 is 0 Å². The Hall–Kier alpha value is -2.24. The summed E-state index contributed by atoms with van der Waals surface area (Å²) >= 11 is 6.27.